The Morgan fingerprint density at radius 1 is 1.20 bits per heavy atom. The molecule has 2 aromatic rings. The number of rotatable bonds is 6. The molecule has 0 bridgehead atoms. The van der Waals surface area contributed by atoms with Crippen molar-refractivity contribution in [2.75, 3.05) is 26.0 Å². The second-order valence-corrected chi connectivity index (χ2v) is 6.99. The first-order valence-electron chi connectivity index (χ1n) is 8.12. The van der Waals surface area contributed by atoms with Crippen molar-refractivity contribution >= 4 is 17.7 Å². The number of likely N-dealkylation sites (N-methyl/N-ethyl adjacent to an activating group) is 1. The number of ether oxygens (including phenoxy) is 2. The van der Waals surface area contributed by atoms with Crippen molar-refractivity contribution in [1.82, 2.24) is 4.90 Å². The maximum Gasteiger partial charge on any atom is 0.223 e. The van der Waals surface area contributed by atoms with E-state index in [2.05, 4.69) is 0 Å². The van der Waals surface area contributed by atoms with Crippen LogP contribution >= 0.6 is 11.8 Å². The minimum atomic E-state index is -0.253. The number of fused-ring (bicyclic) bond motifs is 1. The van der Waals surface area contributed by atoms with Crippen LogP contribution in [-0.2, 0) is 4.79 Å². The summed E-state index contributed by atoms with van der Waals surface area (Å²) in [6, 6.07) is 13.8. The first kappa shape index (κ1) is 17.6. The molecule has 0 aliphatic carbocycles. The molecule has 0 saturated carbocycles. The van der Waals surface area contributed by atoms with E-state index in [0.717, 1.165) is 10.6 Å². The highest BCUT2D eigenvalue weighted by molar-refractivity contribution is 7.99. The van der Waals surface area contributed by atoms with Crippen LogP contribution in [0.25, 0.3) is 0 Å². The summed E-state index contributed by atoms with van der Waals surface area (Å²) in [5, 5.41) is 0. The molecule has 1 heterocycles. The lowest BCUT2D eigenvalue weighted by Gasteiger charge is -2.29. The summed E-state index contributed by atoms with van der Waals surface area (Å²) < 4.78 is 24.4. The Kier molecular flexibility index (Phi) is 5.81. The molecule has 1 aliphatic heterocycles. The third-order valence-electron chi connectivity index (χ3n) is 3.87. The summed E-state index contributed by atoms with van der Waals surface area (Å²) >= 11 is 1.54. The van der Waals surface area contributed by atoms with Gasteiger partial charge in [0.2, 0.25) is 5.91 Å². The highest BCUT2D eigenvalue weighted by Crippen LogP contribution is 2.31. The monoisotopic (exact) mass is 361 g/mol. The number of hydrogen-bond donors (Lipinski definition) is 0. The molecule has 3 rings (SSSR count). The van der Waals surface area contributed by atoms with Gasteiger partial charge in [-0.15, -0.1) is 11.8 Å². The average molecular weight is 361 g/mol. The number of carbonyl (C=O) groups is 1. The SMILES string of the molecule is CN(CC1COc2ccccc2O1)C(=O)CCSc1ccc(F)cc1. The predicted molar refractivity (Wildman–Crippen MR) is 95.7 cm³/mol. The quantitative estimate of drug-likeness (QED) is 0.737. The van der Waals surface area contributed by atoms with Gasteiger partial charge in [0, 0.05) is 24.1 Å². The Morgan fingerprint density at radius 2 is 1.92 bits per heavy atom. The molecule has 2 aromatic carbocycles. The Balaban J connectivity index is 1.43. The van der Waals surface area contributed by atoms with Gasteiger partial charge < -0.3 is 14.4 Å². The molecular formula is C19H20FNO3S. The van der Waals surface area contributed by atoms with E-state index in [9.17, 15) is 9.18 Å². The summed E-state index contributed by atoms with van der Waals surface area (Å²) in [6.07, 6.45) is 0.247. The predicted octanol–water partition coefficient (Wildman–Crippen LogP) is 3.61. The van der Waals surface area contributed by atoms with Crippen LogP contribution in [0.3, 0.4) is 0 Å². The zero-order valence-electron chi connectivity index (χ0n) is 14.0. The molecule has 1 aliphatic rings. The van der Waals surface area contributed by atoms with Crippen molar-refractivity contribution < 1.29 is 18.7 Å². The summed E-state index contributed by atoms with van der Waals surface area (Å²) in [4.78, 5) is 14.9. The molecule has 25 heavy (non-hydrogen) atoms. The zero-order valence-corrected chi connectivity index (χ0v) is 14.8. The van der Waals surface area contributed by atoms with Crippen LogP contribution in [0.1, 0.15) is 6.42 Å². The van der Waals surface area contributed by atoms with Crippen LogP contribution in [0.5, 0.6) is 11.5 Å². The van der Waals surface area contributed by atoms with Crippen LogP contribution in [0, 0.1) is 5.82 Å². The molecule has 0 fully saturated rings. The van der Waals surface area contributed by atoms with Crippen LogP contribution in [0.4, 0.5) is 4.39 Å². The first-order chi connectivity index (χ1) is 12.1. The maximum atomic E-state index is 12.9. The fraction of sp³-hybridized carbons (Fsp3) is 0.316. The summed E-state index contributed by atoms with van der Waals surface area (Å²) in [5.74, 6) is 1.91. The molecule has 0 N–H and O–H groups in total. The van der Waals surface area contributed by atoms with Crippen molar-refractivity contribution in [2.45, 2.75) is 17.4 Å². The third kappa shape index (κ3) is 4.89. The highest BCUT2D eigenvalue weighted by Gasteiger charge is 2.23. The Labute approximate surface area is 150 Å². The van der Waals surface area contributed by atoms with Gasteiger partial charge in [-0.05, 0) is 36.4 Å². The van der Waals surface area contributed by atoms with E-state index in [1.54, 1.807) is 35.8 Å². The molecule has 0 aromatic heterocycles. The Hall–Kier alpha value is -2.21. The molecule has 0 spiro atoms. The Bertz CT molecular complexity index is 723. The van der Waals surface area contributed by atoms with E-state index < -0.39 is 0 Å². The lowest BCUT2D eigenvalue weighted by atomic mass is 10.2. The molecule has 4 nitrogen and oxygen atoms in total. The maximum absolute atomic E-state index is 12.9. The summed E-state index contributed by atoms with van der Waals surface area (Å²) in [5.41, 5.74) is 0. The lowest BCUT2D eigenvalue weighted by molar-refractivity contribution is -0.130. The zero-order chi connectivity index (χ0) is 17.6. The topological polar surface area (TPSA) is 38.8 Å². The van der Waals surface area contributed by atoms with Gasteiger partial charge in [0.15, 0.2) is 17.6 Å². The van der Waals surface area contributed by atoms with Gasteiger partial charge >= 0.3 is 0 Å². The van der Waals surface area contributed by atoms with Crippen molar-refractivity contribution in [2.24, 2.45) is 0 Å². The number of nitrogens with zero attached hydrogens (tertiary/aromatic N) is 1. The summed E-state index contributed by atoms with van der Waals surface area (Å²) in [6.45, 7) is 0.910. The van der Waals surface area contributed by atoms with Crippen LogP contribution in [0.2, 0.25) is 0 Å². The van der Waals surface area contributed by atoms with E-state index >= 15 is 0 Å². The van der Waals surface area contributed by atoms with Crippen molar-refractivity contribution in [3.8, 4) is 11.5 Å². The number of benzene rings is 2. The molecule has 0 radical (unpaired) electrons. The van der Waals surface area contributed by atoms with E-state index in [4.69, 9.17) is 9.47 Å². The molecule has 132 valence electrons. The van der Waals surface area contributed by atoms with Gasteiger partial charge in [0.25, 0.3) is 0 Å². The van der Waals surface area contributed by atoms with Gasteiger partial charge in [0.1, 0.15) is 12.4 Å². The second kappa shape index (κ2) is 8.25. The Morgan fingerprint density at radius 3 is 2.68 bits per heavy atom. The molecule has 6 heteroatoms. The van der Waals surface area contributed by atoms with Gasteiger partial charge in [-0.1, -0.05) is 12.1 Å². The van der Waals surface area contributed by atoms with E-state index in [1.165, 1.54) is 12.1 Å². The number of amides is 1. The highest BCUT2D eigenvalue weighted by atomic mass is 32.2. The number of hydrogen-bond acceptors (Lipinski definition) is 4. The number of para-hydroxylation sites is 2. The molecular weight excluding hydrogens is 341 g/mol. The minimum Gasteiger partial charge on any atom is -0.486 e. The largest absolute Gasteiger partial charge is 0.486 e. The van der Waals surface area contributed by atoms with E-state index in [-0.39, 0.29) is 17.8 Å². The van der Waals surface area contributed by atoms with Crippen molar-refractivity contribution in [3.63, 3.8) is 0 Å². The smallest absolute Gasteiger partial charge is 0.223 e. The third-order valence-corrected chi connectivity index (χ3v) is 4.88. The molecule has 0 saturated heterocycles. The van der Waals surface area contributed by atoms with Gasteiger partial charge in [-0.3, -0.25) is 4.79 Å². The van der Waals surface area contributed by atoms with Crippen LogP contribution in [0.15, 0.2) is 53.4 Å². The second-order valence-electron chi connectivity index (χ2n) is 5.82. The number of halogens is 1. The van der Waals surface area contributed by atoms with Gasteiger partial charge in [-0.2, -0.15) is 0 Å². The molecule has 1 atom stereocenters. The van der Waals surface area contributed by atoms with E-state index in [1.807, 2.05) is 24.3 Å². The summed E-state index contributed by atoms with van der Waals surface area (Å²) in [7, 11) is 1.77. The minimum absolute atomic E-state index is 0.0528. The van der Waals surface area contributed by atoms with Crippen LogP contribution < -0.4 is 9.47 Å². The van der Waals surface area contributed by atoms with Gasteiger partial charge in [0.05, 0.1) is 6.54 Å². The number of carbonyl (C=O) groups excluding carboxylic acids is 1. The fourth-order valence-electron chi connectivity index (χ4n) is 2.54. The van der Waals surface area contributed by atoms with Gasteiger partial charge in [-0.25, -0.2) is 4.39 Å². The normalized spacial score (nSPS) is 15.7. The molecule has 1 unspecified atom stereocenters. The average Bonchev–Trinajstić information content (AvgIpc) is 2.63. The first-order valence-corrected chi connectivity index (χ1v) is 9.11. The van der Waals surface area contributed by atoms with Crippen molar-refractivity contribution in [3.05, 3.63) is 54.3 Å². The standard InChI is InChI=1S/C19H20FNO3S/c1-21(12-15-13-23-17-4-2-3-5-18(17)24-15)19(22)10-11-25-16-8-6-14(20)7-9-16/h2-9,15H,10-13H2,1H3. The fourth-order valence-corrected chi connectivity index (χ4v) is 3.38. The lowest BCUT2D eigenvalue weighted by Crippen LogP contribution is -2.41. The van der Waals surface area contributed by atoms with Crippen LogP contribution in [-0.4, -0.2) is 42.9 Å². The van der Waals surface area contributed by atoms with Crippen molar-refractivity contribution in [1.29, 1.82) is 0 Å². The molecule has 1 amide bonds. The van der Waals surface area contributed by atoms with E-state index in [0.29, 0.717) is 31.1 Å². The number of thioether (sulfide) groups is 1.